The summed E-state index contributed by atoms with van der Waals surface area (Å²) in [6, 6.07) is 0. The highest BCUT2D eigenvalue weighted by atomic mass is 16.3. The lowest BCUT2D eigenvalue weighted by Crippen LogP contribution is -2.33. The van der Waals surface area contributed by atoms with E-state index in [9.17, 15) is 0 Å². The molecule has 1 aromatic heterocycles. The van der Waals surface area contributed by atoms with Crippen LogP contribution in [0.2, 0.25) is 0 Å². The molecule has 15 heavy (non-hydrogen) atoms. The first kappa shape index (κ1) is 10.4. The molecule has 1 aliphatic rings. The average Bonchev–Trinajstić information content (AvgIpc) is 2.16. The van der Waals surface area contributed by atoms with E-state index >= 15 is 0 Å². The van der Waals surface area contributed by atoms with Gasteiger partial charge in [0.1, 0.15) is 5.82 Å². The highest BCUT2D eigenvalue weighted by Crippen LogP contribution is 2.26. The summed E-state index contributed by atoms with van der Waals surface area (Å²) in [5.74, 6) is 1.42. The molecule has 0 radical (unpaired) electrons. The van der Waals surface area contributed by atoms with E-state index in [0.29, 0.717) is 5.92 Å². The molecule has 0 unspecified atom stereocenters. The number of anilines is 1. The van der Waals surface area contributed by atoms with Crippen molar-refractivity contribution < 1.29 is 5.11 Å². The van der Waals surface area contributed by atoms with Crippen molar-refractivity contribution in [2.45, 2.75) is 32.8 Å². The van der Waals surface area contributed by atoms with Crippen LogP contribution in [0.3, 0.4) is 0 Å². The maximum absolute atomic E-state index is 9.14. The molecule has 0 atom stereocenters. The number of aliphatic hydroxyl groups excluding tert-OH is 1. The molecule has 4 nitrogen and oxygen atoms in total. The first-order chi connectivity index (χ1) is 7.15. The Kier molecular flexibility index (Phi) is 2.86. The lowest BCUT2D eigenvalue weighted by molar-refractivity contribution is 0.0486. The van der Waals surface area contributed by atoms with E-state index in [1.165, 1.54) is 0 Å². The molecule has 0 amide bonds. The van der Waals surface area contributed by atoms with Crippen molar-refractivity contribution in [2.75, 3.05) is 11.9 Å². The van der Waals surface area contributed by atoms with Crippen molar-refractivity contribution in [1.82, 2.24) is 9.97 Å². The SMILES string of the molecule is Cc1ncc(NCC2CC(O)C2)nc1C. The highest BCUT2D eigenvalue weighted by molar-refractivity contribution is 5.33. The fraction of sp³-hybridized carbons (Fsp3) is 0.636. The Balaban J connectivity index is 1.86. The maximum Gasteiger partial charge on any atom is 0.144 e. The lowest BCUT2D eigenvalue weighted by atomic mass is 9.82. The Bertz CT molecular complexity index is 348. The summed E-state index contributed by atoms with van der Waals surface area (Å²) in [5, 5.41) is 12.4. The van der Waals surface area contributed by atoms with Crippen LogP contribution in [0.25, 0.3) is 0 Å². The summed E-state index contributed by atoms with van der Waals surface area (Å²) in [6.45, 7) is 4.79. The zero-order chi connectivity index (χ0) is 10.8. The molecular formula is C11H17N3O. The monoisotopic (exact) mass is 207 g/mol. The van der Waals surface area contributed by atoms with Crippen LogP contribution >= 0.6 is 0 Å². The second-order valence-corrected chi connectivity index (χ2v) is 4.30. The van der Waals surface area contributed by atoms with Crippen molar-refractivity contribution in [3.8, 4) is 0 Å². The third-order valence-electron chi connectivity index (χ3n) is 2.97. The van der Waals surface area contributed by atoms with Gasteiger partial charge in [-0.25, -0.2) is 4.98 Å². The van der Waals surface area contributed by atoms with E-state index in [0.717, 1.165) is 36.6 Å². The Hall–Kier alpha value is -1.16. The highest BCUT2D eigenvalue weighted by Gasteiger charge is 2.26. The fourth-order valence-corrected chi connectivity index (χ4v) is 1.74. The van der Waals surface area contributed by atoms with Crippen molar-refractivity contribution in [1.29, 1.82) is 0 Å². The molecule has 1 saturated carbocycles. The first-order valence-electron chi connectivity index (χ1n) is 5.37. The molecule has 0 aromatic carbocycles. The van der Waals surface area contributed by atoms with Crippen molar-refractivity contribution in [3.63, 3.8) is 0 Å². The van der Waals surface area contributed by atoms with E-state index in [4.69, 9.17) is 5.11 Å². The Labute approximate surface area is 89.8 Å². The molecule has 1 aliphatic carbocycles. The number of aliphatic hydroxyl groups is 1. The molecule has 0 saturated heterocycles. The number of nitrogens with zero attached hydrogens (tertiary/aromatic N) is 2. The molecule has 2 rings (SSSR count). The van der Waals surface area contributed by atoms with Crippen molar-refractivity contribution in [3.05, 3.63) is 17.6 Å². The van der Waals surface area contributed by atoms with Crippen LogP contribution in [-0.4, -0.2) is 27.7 Å². The zero-order valence-corrected chi connectivity index (χ0v) is 9.20. The van der Waals surface area contributed by atoms with Gasteiger partial charge < -0.3 is 10.4 Å². The topological polar surface area (TPSA) is 58.0 Å². The molecule has 2 N–H and O–H groups in total. The van der Waals surface area contributed by atoms with Crippen LogP contribution in [0, 0.1) is 19.8 Å². The number of rotatable bonds is 3. The van der Waals surface area contributed by atoms with Crippen molar-refractivity contribution >= 4 is 5.82 Å². The molecule has 1 fully saturated rings. The van der Waals surface area contributed by atoms with Gasteiger partial charge in [0.25, 0.3) is 0 Å². The Morgan fingerprint density at radius 3 is 2.73 bits per heavy atom. The summed E-state index contributed by atoms with van der Waals surface area (Å²) in [5.41, 5.74) is 1.94. The van der Waals surface area contributed by atoms with Crippen LogP contribution in [0.4, 0.5) is 5.82 Å². The molecule has 0 bridgehead atoms. The van der Waals surface area contributed by atoms with Crippen LogP contribution < -0.4 is 5.32 Å². The third kappa shape index (κ3) is 2.45. The fourth-order valence-electron chi connectivity index (χ4n) is 1.74. The first-order valence-corrected chi connectivity index (χ1v) is 5.37. The molecule has 1 aromatic rings. The largest absolute Gasteiger partial charge is 0.393 e. The normalized spacial score (nSPS) is 24.7. The quantitative estimate of drug-likeness (QED) is 0.783. The molecule has 0 spiro atoms. The second-order valence-electron chi connectivity index (χ2n) is 4.30. The minimum Gasteiger partial charge on any atom is -0.393 e. The molecular weight excluding hydrogens is 190 g/mol. The summed E-state index contributed by atoms with van der Waals surface area (Å²) < 4.78 is 0. The minimum absolute atomic E-state index is 0.0809. The van der Waals surface area contributed by atoms with Gasteiger partial charge in [-0.1, -0.05) is 0 Å². The Morgan fingerprint density at radius 2 is 2.13 bits per heavy atom. The number of aryl methyl sites for hydroxylation is 2. The molecule has 4 heteroatoms. The minimum atomic E-state index is -0.0809. The summed E-state index contributed by atoms with van der Waals surface area (Å²) >= 11 is 0. The molecule has 82 valence electrons. The summed E-state index contributed by atoms with van der Waals surface area (Å²) in [6.07, 6.45) is 3.50. The predicted octanol–water partition coefficient (Wildman–Crippen LogP) is 1.28. The van der Waals surface area contributed by atoms with Gasteiger partial charge in [-0.05, 0) is 32.6 Å². The summed E-state index contributed by atoms with van der Waals surface area (Å²) in [7, 11) is 0. The van der Waals surface area contributed by atoms with Gasteiger partial charge in [0.2, 0.25) is 0 Å². The van der Waals surface area contributed by atoms with Gasteiger partial charge in [-0.15, -0.1) is 0 Å². The smallest absolute Gasteiger partial charge is 0.144 e. The standard InChI is InChI=1S/C11H17N3O/c1-7-8(2)14-11(6-12-7)13-5-9-3-10(15)4-9/h6,9-10,15H,3-5H2,1-2H3,(H,13,14). The van der Waals surface area contributed by atoms with Crippen LogP contribution in [0.15, 0.2) is 6.20 Å². The third-order valence-corrected chi connectivity index (χ3v) is 2.97. The van der Waals surface area contributed by atoms with E-state index < -0.39 is 0 Å². The average molecular weight is 207 g/mol. The van der Waals surface area contributed by atoms with Crippen LogP contribution in [0.5, 0.6) is 0 Å². The van der Waals surface area contributed by atoms with Gasteiger partial charge in [-0.2, -0.15) is 0 Å². The number of hydrogen-bond donors (Lipinski definition) is 2. The van der Waals surface area contributed by atoms with Crippen LogP contribution in [-0.2, 0) is 0 Å². The molecule has 0 aliphatic heterocycles. The molecule has 1 heterocycles. The van der Waals surface area contributed by atoms with Gasteiger partial charge in [0.15, 0.2) is 0 Å². The number of aromatic nitrogens is 2. The lowest BCUT2D eigenvalue weighted by Gasteiger charge is -2.31. The number of hydrogen-bond acceptors (Lipinski definition) is 4. The second kappa shape index (κ2) is 4.14. The van der Waals surface area contributed by atoms with Gasteiger partial charge in [0, 0.05) is 6.54 Å². The predicted molar refractivity (Wildman–Crippen MR) is 58.7 cm³/mol. The maximum atomic E-state index is 9.14. The van der Waals surface area contributed by atoms with E-state index in [2.05, 4.69) is 15.3 Å². The van der Waals surface area contributed by atoms with E-state index in [-0.39, 0.29) is 6.10 Å². The van der Waals surface area contributed by atoms with Gasteiger partial charge >= 0.3 is 0 Å². The number of nitrogens with one attached hydrogen (secondary N) is 1. The summed E-state index contributed by atoms with van der Waals surface area (Å²) in [4.78, 5) is 8.63. The van der Waals surface area contributed by atoms with E-state index in [1.54, 1.807) is 6.20 Å². The zero-order valence-electron chi connectivity index (χ0n) is 9.20. The van der Waals surface area contributed by atoms with Gasteiger partial charge in [-0.3, -0.25) is 4.98 Å². The van der Waals surface area contributed by atoms with Gasteiger partial charge in [0.05, 0.1) is 23.7 Å². The van der Waals surface area contributed by atoms with E-state index in [1.807, 2.05) is 13.8 Å². The van der Waals surface area contributed by atoms with Crippen LogP contribution in [0.1, 0.15) is 24.2 Å². The van der Waals surface area contributed by atoms with Crippen molar-refractivity contribution in [2.24, 2.45) is 5.92 Å². The Morgan fingerprint density at radius 1 is 1.40 bits per heavy atom.